The summed E-state index contributed by atoms with van der Waals surface area (Å²) in [6, 6.07) is 1.96. The van der Waals surface area contributed by atoms with Crippen molar-refractivity contribution in [2.75, 3.05) is 0 Å². The Morgan fingerprint density at radius 2 is 2.11 bits per heavy atom. The number of carbonyl (C=O) groups excluding carboxylic acids is 1. The van der Waals surface area contributed by atoms with Crippen molar-refractivity contribution >= 4 is 5.91 Å². The van der Waals surface area contributed by atoms with E-state index in [2.05, 4.69) is 10.3 Å². The fourth-order valence-corrected chi connectivity index (χ4v) is 2.54. The van der Waals surface area contributed by atoms with Crippen LogP contribution in [0.1, 0.15) is 54.2 Å². The van der Waals surface area contributed by atoms with Gasteiger partial charge in [0.05, 0.1) is 0 Å². The van der Waals surface area contributed by atoms with Crippen molar-refractivity contribution in [2.45, 2.75) is 52.0 Å². The smallest absolute Gasteiger partial charge is 0.261 e. The Morgan fingerprint density at radius 1 is 1.44 bits per heavy atom. The molecule has 1 aliphatic rings. The average Bonchev–Trinajstić information content (AvgIpc) is 2.81. The Kier molecular flexibility index (Phi) is 3.84. The van der Waals surface area contributed by atoms with Gasteiger partial charge in [0.25, 0.3) is 11.5 Å². The number of carbonyl (C=O) groups is 1. The lowest BCUT2D eigenvalue weighted by Crippen LogP contribution is -2.36. The van der Waals surface area contributed by atoms with Crippen LogP contribution in [0, 0.1) is 6.92 Å². The minimum Gasteiger partial charge on any atom is -0.349 e. The lowest BCUT2D eigenvalue weighted by Gasteiger charge is -2.12. The van der Waals surface area contributed by atoms with Gasteiger partial charge in [-0.2, -0.15) is 0 Å². The maximum Gasteiger partial charge on any atom is 0.261 e. The van der Waals surface area contributed by atoms with Gasteiger partial charge in [0.15, 0.2) is 0 Å². The number of amides is 1. The van der Waals surface area contributed by atoms with E-state index in [0.717, 1.165) is 43.4 Å². The third-order valence-corrected chi connectivity index (χ3v) is 3.66. The average molecular weight is 248 g/mol. The van der Waals surface area contributed by atoms with Crippen LogP contribution in [0.2, 0.25) is 0 Å². The van der Waals surface area contributed by atoms with Gasteiger partial charge in [0, 0.05) is 11.7 Å². The highest BCUT2D eigenvalue weighted by atomic mass is 16.2. The number of rotatable bonds is 3. The predicted octanol–water partition coefficient (Wildman–Crippen LogP) is 1.92. The van der Waals surface area contributed by atoms with E-state index >= 15 is 0 Å². The maximum atomic E-state index is 12.1. The van der Waals surface area contributed by atoms with Crippen molar-refractivity contribution in [1.29, 1.82) is 0 Å². The summed E-state index contributed by atoms with van der Waals surface area (Å²) in [5.41, 5.74) is 1.82. The molecule has 0 unspecified atom stereocenters. The van der Waals surface area contributed by atoms with Gasteiger partial charge in [-0.3, -0.25) is 9.59 Å². The van der Waals surface area contributed by atoms with E-state index in [1.165, 1.54) is 0 Å². The molecule has 0 bridgehead atoms. The van der Waals surface area contributed by atoms with Crippen molar-refractivity contribution in [3.05, 3.63) is 33.2 Å². The third-order valence-electron chi connectivity index (χ3n) is 3.66. The highest BCUT2D eigenvalue weighted by molar-refractivity contribution is 5.94. The number of nitrogens with one attached hydrogen (secondary N) is 2. The Balaban J connectivity index is 2.21. The fraction of sp³-hybridized carbons (Fsp3) is 0.571. The Morgan fingerprint density at radius 3 is 2.72 bits per heavy atom. The van der Waals surface area contributed by atoms with Crippen LogP contribution in [0.15, 0.2) is 10.9 Å². The molecule has 0 saturated heterocycles. The van der Waals surface area contributed by atoms with Crippen LogP contribution in [-0.2, 0) is 6.42 Å². The molecule has 0 spiro atoms. The van der Waals surface area contributed by atoms with Gasteiger partial charge < -0.3 is 10.3 Å². The summed E-state index contributed by atoms with van der Waals surface area (Å²) in [5, 5.41) is 2.95. The molecular formula is C14H20N2O2. The zero-order chi connectivity index (χ0) is 13.1. The number of pyridine rings is 1. The zero-order valence-electron chi connectivity index (χ0n) is 11.0. The second-order valence-corrected chi connectivity index (χ2v) is 4.97. The first-order valence-corrected chi connectivity index (χ1v) is 6.65. The summed E-state index contributed by atoms with van der Waals surface area (Å²) in [6.07, 6.45) is 5.18. The van der Waals surface area contributed by atoms with Crippen molar-refractivity contribution in [2.24, 2.45) is 0 Å². The Bertz CT molecular complexity index is 499. The van der Waals surface area contributed by atoms with E-state index in [1.807, 2.05) is 13.8 Å². The number of aromatic amines is 1. The molecule has 0 aliphatic heterocycles. The third kappa shape index (κ3) is 2.63. The molecular weight excluding hydrogens is 228 g/mol. The van der Waals surface area contributed by atoms with E-state index < -0.39 is 0 Å². The van der Waals surface area contributed by atoms with Crippen LogP contribution in [0.4, 0.5) is 0 Å². The summed E-state index contributed by atoms with van der Waals surface area (Å²) in [4.78, 5) is 26.6. The van der Waals surface area contributed by atoms with Gasteiger partial charge >= 0.3 is 0 Å². The molecule has 2 rings (SSSR count). The van der Waals surface area contributed by atoms with E-state index in [1.54, 1.807) is 6.07 Å². The first kappa shape index (κ1) is 12.9. The summed E-state index contributed by atoms with van der Waals surface area (Å²) >= 11 is 0. The zero-order valence-corrected chi connectivity index (χ0v) is 11.0. The molecule has 0 radical (unpaired) electrons. The quantitative estimate of drug-likeness (QED) is 0.858. The summed E-state index contributed by atoms with van der Waals surface area (Å²) in [6.45, 7) is 3.87. The van der Waals surface area contributed by atoms with E-state index in [-0.39, 0.29) is 23.1 Å². The van der Waals surface area contributed by atoms with Gasteiger partial charge in [-0.1, -0.05) is 19.8 Å². The second-order valence-electron chi connectivity index (χ2n) is 4.97. The molecule has 18 heavy (non-hydrogen) atoms. The SMILES string of the molecule is CCc1cc(C(=O)NC2CCCC2)c(=O)[nH]c1C. The van der Waals surface area contributed by atoms with Gasteiger partial charge in [-0.15, -0.1) is 0 Å². The van der Waals surface area contributed by atoms with Gasteiger partial charge in [0.2, 0.25) is 0 Å². The lowest BCUT2D eigenvalue weighted by molar-refractivity contribution is 0.0936. The molecule has 1 saturated carbocycles. The molecule has 0 aromatic carbocycles. The van der Waals surface area contributed by atoms with E-state index in [9.17, 15) is 9.59 Å². The Labute approximate surface area is 107 Å². The van der Waals surface area contributed by atoms with E-state index in [0.29, 0.717) is 0 Å². The number of H-pyrrole nitrogens is 1. The molecule has 1 fully saturated rings. The maximum absolute atomic E-state index is 12.1. The molecule has 4 nitrogen and oxygen atoms in total. The molecule has 1 heterocycles. The van der Waals surface area contributed by atoms with Gasteiger partial charge in [-0.05, 0) is 37.8 Å². The first-order valence-electron chi connectivity index (χ1n) is 6.65. The van der Waals surface area contributed by atoms with Crippen LogP contribution in [0.25, 0.3) is 0 Å². The second kappa shape index (κ2) is 5.38. The normalized spacial score (nSPS) is 15.9. The topological polar surface area (TPSA) is 62.0 Å². The highest BCUT2D eigenvalue weighted by Gasteiger charge is 2.20. The largest absolute Gasteiger partial charge is 0.349 e. The van der Waals surface area contributed by atoms with Crippen LogP contribution < -0.4 is 10.9 Å². The molecule has 1 aromatic rings. The minimum atomic E-state index is -0.291. The molecule has 1 aromatic heterocycles. The lowest BCUT2D eigenvalue weighted by atomic mass is 10.1. The number of hydrogen-bond acceptors (Lipinski definition) is 2. The standard InChI is InChI=1S/C14H20N2O2/c1-3-10-8-12(13(17)15-9(10)2)14(18)16-11-6-4-5-7-11/h8,11H,3-7H2,1-2H3,(H,15,17)(H,16,18). The molecule has 4 heteroatoms. The predicted molar refractivity (Wildman–Crippen MR) is 70.9 cm³/mol. The monoisotopic (exact) mass is 248 g/mol. The van der Waals surface area contributed by atoms with Crippen molar-refractivity contribution in [3.63, 3.8) is 0 Å². The number of aryl methyl sites for hydroxylation is 2. The van der Waals surface area contributed by atoms with Crippen LogP contribution in [0.5, 0.6) is 0 Å². The summed E-state index contributed by atoms with van der Waals surface area (Å²) < 4.78 is 0. The molecule has 1 aliphatic carbocycles. The molecule has 98 valence electrons. The van der Waals surface area contributed by atoms with Crippen LogP contribution in [-0.4, -0.2) is 16.9 Å². The summed E-state index contributed by atoms with van der Waals surface area (Å²) in [5.74, 6) is -0.238. The Hall–Kier alpha value is -1.58. The molecule has 2 N–H and O–H groups in total. The van der Waals surface area contributed by atoms with Gasteiger partial charge in [-0.25, -0.2) is 0 Å². The number of aromatic nitrogens is 1. The number of hydrogen-bond donors (Lipinski definition) is 2. The summed E-state index contributed by atoms with van der Waals surface area (Å²) in [7, 11) is 0. The molecule has 1 amide bonds. The van der Waals surface area contributed by atoms with E-state index in [4.69, 9.17) is 0 Å². The minimum absolute atomic E-state index is 0.238. The van der Waals surface area contributed by atoms with Gasteiger partial charge in [0.1, 0.15) is 5.56 Å². The highest BCUT2D eigenvalue weighted by Crippen LogP contribution is 2.18. The van der Waals surface area contributed by atoms with Crippen molar-refractivity contribution < 1.29 is 4.79 Å². The first-order chi connectivity index (χ1) is 8.61. The van der Waals surface area contributed by atoms with Crippen LogP contribution in [0.3, 0.4) is 0 Å². The van der Waals surface area contributed by atoms with Crippen molar-refractivity contribution in [3.8, 4) is 0 Å². The molecule has 0 atom stereocenters. The fourth-order valence-electron chi connectivity index (χ4n) is 2.54. The van der Waals surface area contributed by atoms with Crippen LogP contribution >= 0.6 is 0 Å². The van der Waals surface area contributed by atoms with Crippen molar-refractivity contribution in [1.82, 2.24) is 10.3 Å².